The van der Waals surface area contributed by atoms with Crippen molar-refractivity contribution in [2.45, 2.75) is 18.8 Å². The lowest BCUT2D eigenvalue weighted by Crippen LogP contribution is -2.34. The summed E-state index contributed by atoms with van der Waals surface area (Å²) in [4.78, 5) is 2.19. The molecule has 2 heterocycles. The van der Waals surface area contributed by atoms with Crippen LogP contribution in [0.2, 0.25) is 5.02 Å². The molecule has 3 rings (SSSR count). The molecule has 1 aromatic rings. The number of benzene rings is 1. The SMILES string of the molecule is Fc1ccc(Cl)c(CN2CCC3(C2)OCCO3)c1. The molecule has 2 aliphatic heterocycles. The maximum atomic E-state index is 13.2. The van der Waals surface area contributed by atoms with E-state index in [0.29, 0.717) is 24.8 Å². The first kappa shape index (κ1) is 12.4. The zero-order valence-corrected chi connectivity index (χ0v) is 10.8. The monoisotopic (exact) mass is 271 g/mol. The van der Waals surface area contributed by atoms with E-state index in [-0.39, 0.29) is 5.82 Å². The number of hydrogen-bond acceptors (Lipinski definition) is 3. The highest BCUT2D eigenvalue weighted by atomic mass is 35.5. The van der Waals surface area contributed by atoms with Crippen LogP contribution in [0.3, 0.4) is 0 Å². The highest BCUT2D eigenvalue weighted by Crippen LogP contribution is 2.32. The number of likely N-dealkylation sites (tertiary alicyclic amines) is 1. The first-order chi connectivity index (χ1) is 8.67. The summed E-state index contributed by atoms with van der Waals surface area (Å²) in [6.07, 6.45) is 0.861. The van der Waals surface area contributed by atoms with Gasteiger partial charge in [-0.05, 0) is 23.8 Å². The third-order valence-electron chi connectivity index (χ3n) is 3.49. The van der Waals surface area contributed by atoms with E-state index in [1.165, 1.54) is 12.1 Å². The fraction of sp³-hybridized carbons (Fsp3) is 0.538. The summed E-state index contributed by atoms with van der Waals surface area (Å²) in [6, 6.07) is 4.46. The van der Waals surface area contributed by atoms with E-state index in [9.17, 15) is 4.39 Å². The number of halogens is 2. The second kappa shape index (κ2) is 4.78. The van der Waals surface area contributed by atoms with Gasteiger partial charge in [-0.15, -0.1) is 0 Å². The first-order valence-corrected chi connectivity index (χ1v) is 6.49. The van der Waals surface area contributed by atoms with Gasteiger partial charge in [0.15, 0.2) is 5.79 Å². The molecule has 5 heteroatoms. The normalized spacial score (nSPS) is 23.0. The van der Waals surface area contributed by atoms with Crippen LogP contribution in [0, 0.1) is 5.82 Å². The standard InChI is InChI=1S/C13H15ClFNO2/c14-12-2-1-11(15)7-10(12)8-16-4-3-13(9-16)17-5-6-18-13/h1-2,7H,3-6,8-9H2. The molecular weight excluding hydrogens is 257 g/mol. The minimum Gasteiger partial charge on any atom is -0.346 e. The predicted molar refractivity (Wildman–Crippen MR) is 65.9 cm³/mol. The van der Waals surface area contributed by atoms with Crippen molar-refractivity contribution in [2.75, 3.05) is 26.3 Å². The lowest BCUT2D eigenvalue weighted by atomic mass is 10.2. The van der Waals surface area contributed by atoms with Crippen molar-refractivity contribution in [2.24, 2.45) is 0 Å². The quantitative estimate of drug-likeness (QED) is 0.825. The second-order valence-corrected chi connectivity index (χ2v) is 5.21. The summed E-state index contributed by atoms with van der Waals surface area (Å²) < 4.78 is 24.5. The van der Waals surface area contributed by atoms with Crippen LogP contribution >= 0.6 is 11.6 Å². The summed E-state index contributed by atoms with van der Waals surface area (Å²) in [5.74, 6) is -0.684. The van der Waals surface area contributed by atoms with Crippen LogP contribution in [-0.4, -0.2) is 37.0 Å². The van der Waals surface area contributed by atoms with Gasteiger partial charge in [0.1, 0.15) is 5.82 Å². The Balaban J connectivity index is 1.69. The van der Waals surface area contributed by atoms with Gasteiger partial charge >= 0.3 is 0 Å². The van der Waals surface area contributed by atoms with Crippen LogP contribution in [0.1, 0.15) is 12.0 Å². The molecule has 0 aliphatic carbocycles. The summed E-state index contributed by atoms with van der Waals surface area (Å²) in [7, 11) is 0. The second-order valence-electron chi connectivity index (χ2n) is 4.80. The Kier molecular flexibility index (Phi) is 3.28. The summed E-state index contributed by atoms with van der Waals surface area (Å²) in [6.45, 7) is 3.56. The van der Waals surface area contributed by atoms with E-state index in [1.807, 2.05) is 0 Å². The molecule has 0 N–H and O–H groups in total. The lowest BCUT2D eigenvalue weighted by Gasteiger charge is -2.22. The van der Waals surface area contributed by atoms with Gasteiger partial charge in [-0.25, -0.2) is 4.39 Å². The van der Waals surface area contributed by atoms with E-state index in [4.69, 9.17) is 21.1 Å². The zero-order valence-electron chi connectivity index (χ0n) is 9.99. The topological polar surface area (TPSA) is 21.7 Å². The lowest BCUT2D eigenvalue weighted by molar-refractivity contribution is -0.145. The van der Waals surface area contributed by atoms with Gasteiger partial charge in [0, 0.05) is 24.5 Å². The molecule has 0 unspecified atom stereocenters. The maximum Gasteiger partial charge on any atom is 0.182 e. The highest BCUT2D eigenvalue weighted by molar-refractivity contribution is 6.31. The van der Waals surface area contributed by atoms with E-state index < -0.39 is 5.79 Å². The third-order valence-corrected chi connectivity index (χ3v) is 3.86. The molecule has 2 fully saturated rings. The maximum absolute atomic E-state index is 13.2. The molecule has 1 spiro atoms. The summed E-state index contributed by atoms with van der Waals surface area (Å²) in [5, 5.41) is 0.602. The van der Waals surface area contributed by atoms with Crippen LogP contribution in [0.25, 0.3) is 0 Å². The van der Waals surface area contributed by atoms with E-state index in [0.717, 1.165) is 25.1 Å². The molecular formula is C13H15ClFNO2. The summed E-state index contributed by atoms with van der Waals surface area (Å²) >= 11 is 6.07. The van der Waals surface area contributed by atoms with Gasteiger partial charge < -0.3 is 9.47 Å². The van der Waals surface area contributed by atoms with Crippen LogP contribution in [-0.2, 0) is 16.0 Å². The van der Waals surface area contributed by atoms with Gasteiger partial charge in [0.25, 0.3) is 0 Å². The van der Waals surface area contributed by atoms with Crippen molar-refractivity contribution in [3.8, 4) is 0 Å². The average molecular weight is 272 g/mol. The predicted octanol–water partition coefficient (Wildman–Crippen LogP) is 2.43. The molecule has 0 saturated carbocycles. The van der Waals surface area contributed by atoms with E-state index >= 15 is 0 Å². The van der Waals surface area contributed by atoms with Crippen molar-refractivity contribution < 1.29 is 13.9 Å². The van der Waals surface area contributed by atoms with Gasteiger partial charge in [-0.1, -0.05) is 11.6 Å². The molecule has 2 saturated heterocycles. The molecule has 18 heavy (non-hydrogen) atoms. The fourth-order valence-electron chi connectivity index (χ4n) is 2.60. The van der Waals surface area contributed by atoms with Crippen molar-refractivity contribution >= 4 is 11.6 Å². The third kappa shape index (κ3) is 2.38. The number of nitrogens with zero attached hydrogens (tertiary/aromatic N) is 1. The Morgan fingerprint density at radius 1 is 1.33 bits per heavy atom. The van der Waals surface area contributed by atoms with Gasteiger partial charge in [0.05, 0.1) is 19.8 Å². The Bertz CT molecular complexity index is 449. The molecule has 1 aromatic carbocycles. The molecule has 0 aromatic heterocycles. The molecule has 0 atom stereocenters. The van der Waals surface area contributed by atoms with Crippen molar-refractivity contribution in [3.05, 3.63) is 34.6 Å². The molecule has 3 nitrogen and oxygen atoms in total. The van der Waals surface area contributed by atoms with Gasteiger partial charge in [0.2, 0.25) is 0 Å². The Morgan fingerprint density at radius 3 is 2.89 bits per heavy atom. The fourth-order valence-corrected chi connectivity index (χ4v) is 2.78. The van der Waals surface area contributed by atoms with Crippen molar-refractivity contribution in [3.63, 3.8) is 0 Å². The van der Waals surface area contributed by atoms with E-state index in [2.05, 4.69) is 4.90 Å². The number of hydrogen-bond donors (Lipinski definition) is 0. The highest BCUT2D eigenvalue weighted by Gasteiger charge is 2.43. The molecule has 2 aliphatic rings. The Morgan fingerprint density at radius 2 is 2.11 bits per heavy atom. The smallest absolute Gasteiger partial charge is 0.182 e. The van der Waals surface area contributed by atoms with Crippen LogP contribution in [0.15, 0.2) is 18.2 Å². The van der Waals surface area contributed by atoms with E-state index in [1.54, 1.807) is 6.07 Å². The molecule has 0 radical (unpaired) electrons. The minimum atomic E-state index is -0.431. The van der Waals surface area contributed by atoms with Crippen molar-refractivity contribution in [1.82, 2.24) is 4.90 Å². The Hall–Kier alpha value is -0.680. The molecule has 98 valence electrons. The first-order valence-electron chi connectivity index (χ1n) is 6.11. The molecule has 0 amide bonds. The van der Waals surface area contributed by atoms with Crippen LogP contribution in [0.5, 0.6) is 0 Å². The van der Waals surface area contributed by atoms with Crippen molar-refractivity contribution in [1.29, 1.82) is 0 Å². The van der Waals surface area contributed by atoms with Gasteiger partial charge in [-0.2, -0.15) is 0 Å². The molecule has 0 bridgehead atoms. The Labute approximate surface area is 110 Å². The number of rotatable bonds is 2. The zero-order chi connectivity index (χ0) is 12.6. The summed E-state index contributed by atoms with van der Waals surface area (Å²) in [5.41, 5.74) is 0.812. The van der Waals surface area contributed by atoms with Crippen LogP contribution < -0.4 is 0 Å². The van der Waals surface area contributed by atoms with Crippen LogP contribution in [0.4, 0.5) is 4.39 Å². The average Bonchev–Trinajstić information content (AvgIpc) is 2.95. The minimum absolute atomic E-state index is 0.253. The largest absolute Gasteiger partial charge is 0.346 e. The van der Waals surface area contributed by atoms with Gasteiger partial charge in [-0.3, -0.25) is 4.90 Å². The number of ether oxygens (including phenoxy) is 2.